The smallest absolute Gasteiger partial charge is 0.323 e. The number of carbonyl (C=O) groups is 2. The van der Waals surface area contributed by atoms with Gasteiger partial charge in [0.05, 0.1) is 6.61 Å². The first-order valence-electron chi connectivity index (χ1n) is 7.93. The lowest BCUT2D eigenvalue weighted by atomic mass is 9.82. The second kappa shape index (κ2) is 8.13. The van der Waals surface area contributed by atoms with E-state index in [1.165, 1.54) is 0 Å². The van der Waals surface area contributed by atoms with Crippen LogP contribution in [0.2, 0.25) is 0 Å². The molecule has 0 aliphatic heterocycles. The molecule has 0 amide bonds. The molecule has 138 valence electrons. The van der Waals surface area contributed by atoms with Crippen LogP contribution in [0.15, 0.2) is 48.8 Å². The molecule has 7 heteroatoms. The SMILES string of the molecule is CC(C)(I)OCC(Cc1ccc(-c2ccncc2)cc1)(C(=O)O)C(=O)O. The van der Waals surface area contributed by atoms with Crippen molar-refractivity contribution in [2.75, 3.05) is 6.61 Å². The summed E-state index contributed by atoms with van der Waals surface area (Å²) in [7, 11) is 0. The van der Waals surface area contributed by atoms with Crippen molar-refractivity contribution in [1.29, 1.82) is 0 Å². The number of ether oxygens (including phenoxy) is 1. The summed E-state index contributed by atoms with van der Waals surface area (Å²) < 4.78 is 4.83. The van der Waals surface area contributed by atoms with E-state index in [1.807, 2.05) is 46.9 Å². The van der Waals surface area contributed by atoms with Crippen molar-refractivity contribution in [3.05, 3.63) is 54.4 Å². The summed E-state index contributed by atoms with van der Waals surface area (Å²) in [6.45, 7) is 3.07. The minimum atomic E-state index is -2.04. The van der Waals surface area contributed by atoms with E-state index < -0.39 is 27.6 Å². The Balaban J connectivity index is 2.27. The van der Waals surface area contributed by atoms with Gasteiger partial charge in [-0.05, 0) is 65.3 Å². The average molecular weight is 469 g/mol. The van der Waals surface area contributed by atoms with Gasteiger partial charge in [0.25, 0.3) is 0 Å². The highest BCUT2D eigenvalue weighted by molar-refractivity contribution is 14.1. The van der Waals surface area contributed by atoms with Crippen molar-refractivity contribution in [2.45, 2.75) is 23.9 Å². The Morgan fingerprint density at radius 2 is 1.50 bits per heavy atom. The van der Waals surface area contributed by atoms with E-state index in [1.54, 1.807) is 38.4 Å². The highest BCUT2D eigenvalue weighted by atomic mass is 127. The van der Waals surface area contributed by atoms with Gasteiger partial charge in [0.15, 0.2) is 5.41 Å². The molecule has 0 unspecified atom stereocenters. The Labute approximate surface area is 165 Å². The third-order valence-electron chi connectivity index (χ3n) is 3.95. The summed E-state index contributed by atoms with van der Waals surface area (Å²) in [6.07, 6.45) is 3.21. The van der Waals surface area contributed by atoms with Crippen LogP contribution in [-0.2, 0) is 20.7 Å². The summed E-state index contributed by atoms with van der Waals surface area (Å²) in [5.41, 5.74) is 0.490. The van der Waals surface area contributed by atoms with Crippen LogP contribution in [0.3, 0.4) is 0 Å². The van der Waals surface area contributed by atoms with E-state index in [4.69, 9.17) is 4.74 Å². The van der Waals surface area contributed by atoms with Gasteiger partial charge in [-0.15, -0.1) is 0 Å². The number of alkyl halides is 1. The molecule has 1 heterocycles. The summed E-state index contributed by atoms with van der Waals surface area (Å²) in [5, 5.41) is 19.2. The average Bonchev–Trinajstić information content (AvgIpc) is 2.58. The van der Waals surface area contributed by atoms with Gasteiger partial charge in [0.2, 0.25) is 0 Å². The Bertz CT molecular complexity index is 755. The molecule has 1 aromatic heterocycles. The number of carboxylic acids is 2. The highest BCUT2D eigenvalue weighted by Crippen LogP contribution is 2.30. The van der Waals surface area contributed by atoms with Gasteiger partial charge in [-0.1, -0.05) is 24.3 Å². The molecule has 0 spiro atoms. The quantitative estimate of drug-likeness (QED) is 0.348. The largest absolute Gasteiger partial charge is 0.480 e. The van der Waals surface area contributed by atoms with Crippen LogP contribution in [0.5, 0.6) is 0 Å². The van der Waals surface area contributed by atoms with E-state index in [9.17, 15) is 19.8 Å². The first-order valence-corrected chi connectivity index (χ1v) is 9.01. The normalized spacial score (nSPS) is 12.0. The Morgan fingerprint density at radius 1 is 1.00 bits per heavy atom. The lowest BCUT2D eigenvalue weighted by molar-refractivity contribution is -0.171. The maximum absolute atomic E-state index is 11.8. The zero-order valence-corrected chi connectivity index (χ0v) is 16.6. The zero-order chi connectivity index (χ0) is 19.4. The molecule has 0 bridgehead atoms. The first-order chi connectivity index (χ1) is 12.1. The number of pyridine rings is 1. The molecule has 2 rings (SSSR count). The topological polar surface area (TPSA) is 96.7 Å². The first kappa shape index (κ1) is 20.3. The molecule has 0 fully saturated rings. The molecule has 0 aliphatic rings. The summed E-state index contributed by atoms with van der Waals surface area (Å²) in [5.74, 6) is -2.83. The van der Waals surface area contributed by atoms with Crippen LogP contribution in [0.25, 0.3) is 11.1 Å². The Morgan fingerprint density at radius 3 is 1.96 bits per heavy atom. The van der Waals surface area contributed by atoms with Crippen molar-refractivity contribution < 1.29 is 24.5 Å². The number of aromatic nitrogens is 1. The van der Waals surface area contributed by atoms with Crippen molar-refractivity contribution in [2.24, 2.45) is 5.41 Å². The molecule has 6 nitrogen and oxygen atoms in total. The molecule has 26 heavy (non-hydrogen) atoms. The van der Waals surface area contributed by atoms with E-state index in [-0.39, 0.29) is 6.42 Å². The predicted molar refractivity (Wildman–Crippen MR) is 105 cm³/mol. The van der Waals surface area contributed by atoms with Gasteiger partial charge in [-0.2, -0.15) is 0 Å². The lowest BCUT2D eigenvalue weighted by Gasteiger charge is -2.28. The van der Waals surface area contributed by atoms with E-state index in [0.29, 0.717) is 5.56 Å². The van der Waals surface area contributed by atoms with Crippen LogP contribution in [0, 0.1) is 5.41 Å². The molecule has 2 aromatic rings. The molecule has 0 radical (unpaired) electrons. The second-order valence-corrected chi connectivity index (χ2v) is 9.05. The molecule has 2 N–H and O–H groups in total. The van der Waals surface area contributed by atoms with Crippen molar-refractivity contribution in [3.63, 3.8) is 0 Å². The van der Waals surface area contributed by atoms with Gasteiger partial charge < -0.3 is 14.9 Å². The fourth-order valence-corrected chi connectivity index (χ4v) is 2.58. The van der Waals surface area contributed by atoms with Crippen LogP contribution in [-0.4, -0.2) is 37.4 Å². The third kappa shape index (κ3) is 5.01. The van der Waals surface area contributed by atoms with Crippen LogP contribution in [0.1, 0.15) is 19.4 Å². The van der Waals surface area contributed by atoms with Gasteiger partial charge in [0.1, 0.15) is 3.61 Å². The Kier molecular flexibility index (Phi) is 6.35. The maximum Gasteiger partial charge on any atom is 0.323 e. The third-order valence-corrected chi connectivity index (χ3v) is 4.27. The number of hydrogen-bond donors (Lipinski definition) is 2. The summed E-state index contributed by atoms with van der Waals surface area (Å²) in [6, 6.07) is 10.9. The zero-order valence-electron chi connectivity index (χ0n) is 14.5. The van der Waals surface area contributed by atoms with E-state index in [2.05, 4.69) is 4.98 Å². The molecule has 0 saturated heterocycles. The lowest BCUT2D eigenvalue weighted by Crippen LogP contribution is -2.46. The number of nitrogens with zero attached hydrogens (tertiary/aromatic N) is 1. The highest BCUT2D eigenvalue weighted by Gasteiger charge is 2.48. The molecular formula is C19H20INO5. The van der Waals surface area contributed by atoms with Gasteiger partial charge >= 0.3 is 11.9 Å². The standard InChI is InChI=1S/C19H20INO5/c1-18(2,20)26-12-19(16(22)23,17(24)25)11-13-3-5-14(6-4-13)15-7-9-21-10-8-15/h3-10H,11-12H2,1-2H3,(H,22,23)(H,24,25). The number of rotatable bonds is 8. The molecule has 0 aliphatic carbocycles. The van der Waals surface area contributed by atoms with Gasteiger partial charge in [0, 0.05) is 18.8 Å². The summed E-state index contributed by atoms with van der Waals surface area (Å²) >= 11 is 1.99. The van der Waals surface area contributed by atoms with E-state index in [0.717, 1.165) is 11.1 Å². The maximum atomic E-state index is 11.8. The molecule has 0 atom stereocenters. The fourth-order valence-electron chi connectivity index (χ4n) is 2.42. The van der Waals surface area contributed by atoms with Crippen molar-refractivity contribution in [3.8, 4) is 11.1 Å². The molecular weight excluding hydrogens is 449 g/mol. The van der Waals surface area contributed by atoms with Crippen LogP contribution in [0.4, 0.5) is 0 Å². The van der Waals surface area contributed by atoms with Crippen molar-refractivity contribution in [1.82, 2.24) is 4.98 Å². The number of aliphatic carboxylic acids is 2. The number of benzene rings is 1. The van der Waals surface area contributed by atoms with E-state index >= 15 is 0 Å². The van der Waals surface area contributed by atoms with Crippen LogP contribution < -0.4 is 0 Å². The fraction of sp³-hybridized carbons (Fsp3) is 0.316. The van der Waals surface area contributed by atoms with Gasteiger partial charge in [-0.25, -0.2) is 0 Å². The minimum Gasteiger partial charge on any atom is -0.480 e. The van der Waals surface area contributed by atoms with Crippen LogP contribution >= 0.6 is 22.6 Å². The predicted octanol–water partition coefficient (Wildman–Crippen LogP) is 3.63. The second-order valence-electron chi connectivity index (χ2n) is 6.45. The monoisotopic (exact) mass is 469 g/mol. The number of halogens is 1. The Hall–Kier alpha value is -2.00. The minimum absolute atomic E-state index is 0.166. The molecule has 0 saturated carbocycles. The van der Waals surface area contributed by atoms with Gasteiger partial charge in [-0.3, -0.25) is 14.6 Å². The summed E-state index contributed by atoms with van der Waals surface area (Å²) in [4.78, 5) is 27.6. The molecule has 1 aromatic carbocycles. The number of carboxylic acid groups (broad SMARTS) is 2. The number of hydrogen-bond acceptors (Lipinski definition) is 4. The van der Waals surface area contributed by atoms with Crippen molar-refractivity contribution >= 4 is 34.5 Å².